The van der Waals surface area contributed by atoms with Gasteiger partial charge in [-0.05, 0) is 30.7 Å². The topological polar surface area (TPSA) is 93.8 Å². The predicted molar refractivity (Wildman–Crippen MR) is 74.5 cm³/mol. The lowest BCUT2D eigenvalue weighted by Gasteiger charge is -2.27. The van der Waals surface area contributed by atoms with Gasteiger partial charge < -0.3 is 5.32 Å². The van der Waals surface area contributed by atoms with E-state index in [4.69, 9.17) is 0 Å². The Labute approximate surface area is 124 Å². The summed E-state index contributed by atoms with van der Waals surface area (Å²) in [6, 6.07) is 8.79. The standard InChI is InChI=1S/C14H10BrN3O2/c1-8(19)5-14(9(6-16)7-17)11-4-10(15)2-3-12(11)18-13(14)20/h2-4,9H,5H2,1H3,(H,18,20)/t14-/m1/s1. The zero-order valence-electron chi connectivity index (χ0n) is 10.6. The zero-order valence-corrected chi connectivity index (χ0v) is 12.2. The van der Waals surface area contributed by atoms with Gasteiger partial charge in [0.1, 0.15) is 11.2 Å². The van der Waals surface area contributed by atoms with Gasteiger partial charge >= 0.3 is 0 Å². The Kier molecular flexibility index (Phi) is 3.61. The molecule has 0 aliphatic carbocycles. The third-order valence-corrected chi connectivity index (χ3v) is 3.89. The fourth-order valence-electron chi connectivity index (χ4n) is 2.56. The van der Waals surface area contributed by atoms with E-state index in [-0.39, 0.29) is 12.2 Å². The van der Waals surface area contributed by atoms with Crippen molar-refractivity contribution in [3.63, 3.8) is 0 Å². The number of anilines is 1. The van der Waals surface area contributed by atoms with Crippen LogP contribution in [0.25, 0.3) is 0 Å². The minimum absolute atomic E-state index is 0.173. The van der Waals surface area contributed by atoms with Gasteiger partial charge in [0.2, 0.25) is 5.91 Å². The number of carbonyl (C=O) groups excluding carboxylic acids is 2. The molecule has 0 fully saturated rings. The van der Waals surface area contributed by atoms with Gasteiger partial charge in [0.25, 0.3) is 0 Å². The van der Waals surface area contributed by atoms with Crippen LogP contribution in [-0.4, -0.2) is 11.7 Å². The highest BCUT2D eigenvalue weighted by atomic mass is 79.9. The smallest absolute Gasteiger partial charge is 0.238 e. The molecule has 6 heteroatoms. The Hall–Kier alpha value is -2.18. The summed E-state index contributed by atoms with van der Waals surface area (Å²) in [4.78, 5) is 23.9. The lowest BCUT2D eigenvalue weighted by molar-refractivity contribution is -0.127. The molecule has 1 atom stereocenters. The zero-order chi connectivity index (χ0) is 14.9. The Morgan fingerprint density at radius 1 is 1.45 bits per heavy atom. The number of hydrogen-bond donors (Lipinski definition) is 1. The molecule has 1 aliphatic rings. The molecule has 0 unspecified atom stereocenters. The summed E-state index contributed by atoms with van der Waals surface area (Å²) < 4.78 is 0.718. The number of nitrogens with one attached hydrogen (secondary N) is 1. The number of carbonyl (C=O) groups is 2. The van der Waals surface area contributed by atoms with E-state index in [0.29, 0.717) is 11.3 Å². The van der Waals surface area contributed by atoms with Gasteiger partial charge in [0.05, 0.1) is 12.1 Å². The maximum Gasteiger partial charge on any atom is 0.238 e. The van der Waals surface area contributed by atoms with Crippen LogP contribution in [0.5, 0.6) is 0 Å². The van der Waals surface area contributed by atoms with Gasteiger partial charge in [-0.3, -0.25) is 9.59 Å². The molecule has 100 valence electrons. The van der Waals surface area contributed by atoms with E-state index in [1.807, 2.05) is 12.1 Å². The molecule has 0 radical (unpaired) electrons. The van der Waals surface area contributed by atoms with Crippen molar-refractivity contribution in [3.05, 3.63) is 28.2 Å². The van der Waals surface area contributed by atoms with Crippen LogP contribution in [0.1, 0.15) is 18.9 Å². The van der Waals surface area contributed by atoms with E-state index >= 15 is 0 Å². The highest BCUT2D eigenvalue weighted by molar-refractivity contribution is 9.10. The molecule has 20 heavy (non-hydrogen) atoms. The van der Waals surface area contributed by atoms with Crippen LogP contribution < -0.4 is 5.32 Å². The highest BCUT2D eigenvalue weighted by Gasteiger charge is 2.54. The van der Waals surface area contributed by atoms with Crippen LogP contribution in [0.15, 0.2) is 22.7 Å². The molecule has 2 rings (SSSR count). The maximum absolute atomic E-state index is 12.4. The van der Waals surface area contributed by atoms with Crippen LogP contribution in [-0.2, 0) is 15.0 Å². The Morgan fingerprint density at radius 3 is 2.65 bits per heavy atom. The summed E-state index contributed by atoms with van der Waals surface area (Å²) in [5, 5.41) is 21.1. The van der Waals surface area contributed by atoms with Crippen molar-refractivity contribution in [2.45, 2.75) is 18.8 Å². The van der Waals surface area contributed by atoms with Crippen molar-refractivity contribution < 1.29 is 9.59 Å². The second-order valence-electron chi connectivity index (χ2n) is 4.69. The van der Waals surface area contributed by atoms with E-state index in [0.717, 1.165) is 4.47 Å². The van der Waals surface area contributed by atoms with Crippen molar-refractivity contribution in [1.82, 2.24) is 0 Å². The first kappa shape index (κ1) is 14.2. The summed E-state index contributed by atoms with van der Waals surface area (Å²) in [5.41, 5.74) is -0.385. The quantitative estimate of drug-likeness (QED) is 0.919. The van der Waals surface area contributed by atoms with Gasteiger partial charge in [-0.2, -0.15) is 10.5 Å². The molecule has 0 bridgehead atoms. The van der Waals surface area contributed by atoms with Gasteiger partial charge in [-0.1, -0.05) is 15.9 Å². The van der Waals surface area contributed by atoms with E-state index < -0.39 is 17.2 Å². The number of benzene rings is 1. The van der Waals surface area contributed by atoms with Gasteiger partial charge in [-0.25, -0.2) is 0 Å². The predicted octanol–water partition coefficient (Wildman–Crippen LogP) is 2.28. The number of rotatable bonds is 3. The Morgan fingerprint density at radius 2 is 2.10 bits per heavy atom. The molecule has 5 nitrogen and oxygen atoms in total. The molecule has 0 spiro atoms. The number of hydrogen-bond acceptors (Lipinski definition) is 4. The van der Waals surface area contributed by atoms with Crippen LogP contribution >= 0.6 is 15.9 Å². The van der Waals surface area contributed by atoms with Crippen LogP contribution in [0, 0.1) is 28.6 Å². The van der Waals surface area contributed by atoms with E-state index in [1.54, 1.807) is 18.2 Å². The molecule has 1 aromatic rings. The molecule has 1 aromatic carbocycles. The van der Waals surface area contributed by atoms with Gasteiger partial charge in [-0.15, -0.1) is 0 Å². The molecule has 0 saturated heterocycles. The Bertz CT molecular complexity index is 673. The summed E-state index contributed by atoms with van der Waals surface area (Å²) in [6.07, 6.45) is -0.173. The minimum atomic E-state index is -1.44. The third kappa shape index (κ3) is 1.99. The first-order chi connectivity index (χ1) is 9.45. The molecule has 0 aromatic heterocycles. The SMILES string of the molecule is CC(=O)C[C@]1(C(C#N)C#N)C(=O)Nc2ccc(Br)cc21. The van der Waals surface area contributed by atoms with Gasteiger partial charge in [0.15, 0.2) is 5.92 Å². The monoisotopic (exact) mass is 331 g/mol. The first-order valence-electron chi connectivity index (χ1n) is 5.86. The summed E-state index contributed by atoms with van der Waals surface area (Å²) in [7, 11) is 0. The Balaban J connectivity index is 2.73. The second kappa shape index (κ2) is 5.07. The third-order valence-electron chi connectivity index (χ3n) is 3.39. The molecule has 1 N–H and O–H groups in total. The van der Waals surface area contributed by atoms with Crippen molar-refractivity contribution in [1.29, 1.82) is 10.5 Å². The van der Waals surface area contributed by atoms with E-state index in [1.165, 1.54) is 6.92 Å². The lowest BCUT2D eigenvalue weighted by Crippen LogP contribution is -2.42. The molecular weight excluding hydrogens is 322 g/mol. The number of halogens is 1. The number of amides is 1. The highest BCUT2D eigenvalue weighted by Crippen LogP contribution is 2.46. The number of nitriles is 2. The average molecular weight is 332 g/mol. The van der Waals surface area contributed by atoms with Crippen molar-refractivity contribution in [2.75, 3.05) is 5.32 Å². The molecule has 1 aliphatic heterocycles. The fourth-order valence-corrected chi connectivity index (χ4v) is 2.92. The molecular formula is C14H10BrN3O2. The van der Waals surface area contributed by atoms with Crippen LogP contribution in [0.2, 0.25) is 0 Å². The van der Waals surface area contributed by atoms with Crippen molar-refractivity contribution in [3.8, 4) is 12.1 Å². The summed E-state index contributed by atoms with van der Waals surface area (Å²) >= 11 is 3.31. The van der Waals surface area contributed by atoms with Crippen molar-refractivity contribution in [2.24, 2.45) is 5.92 Å². The fraction of sp³-hybridized carbons (Fsp3) is 0.286. The number of fused-ring (bicyclic) bond motifs is 1. The number of Topliss-reactive ketones (excluding diaryl/α,β-unsaturated/α-hetero) is 1. The normalized spacial score (nSPS) is 19.9. The van der Waals surface area contributed by atoms with E-state index in [2.05, 4.69) is 21.2 Å². The minimum Gasteiger partial charge on any atom is -0.325 e. The molecule has 1 heterocycles. The largest absolute Gasteiger partial charge is 0.325 e. The summed E-state index contributed by atoms with van der Waals surface area (Å²) in [6.45, 7) is 1.34. The maximum atomic E-state index is 12.4. The second-order valence-corrected chi connectivity index (χ2v) is 5.60. The lowest BCUT2D eigenvalue weighted by atomic mass is 9.69. The average Bonchev–Trinajstić information content (AvgIpc) is 2.64. The van der Waals surface area contributed by atoms with Crippen LogP contribution in [0.4, 0.5) is 5.69 Å². The number of ketones is 1. The van der Waals surface area contributed by atoms with Gasteiger partial charge in [0, 0.05) is 16.6 Å². The first-order valence-corrected chi connectivity index (χ1v) is 6.65. The van der Waals surface area contributed by atoms with Crippen molar-refractivity contribution >= 4 is 33.3 Å². The molecule has 1 amide bonds. The summed E-state index contributed by atoms with van der Waals surface area (Å²) in [5.74, 6) is -1.95. The molecule has 0 saturated carbocycles. The van der Waals surface area contributed by atoms with E-state index in [9.17, 15) is 20.1 Å². The number of nitrogens with zero attached hydrogens (tertiary/aromatic N) is 2. The van der Waals surface area contributed by atoms with Crippen LogP contribution in [0.3, 0.4) is 0 Å².